The van der Waals surface area contributed by atoms with E-state index >= 15 is 4.39 Å². The van der Waals surface area contributed by atoms with E-state index < -0.39 is 23.7 Å². The Bertz CT molecular complexity index is 1310. The first kappa shape index (κ1) is 23.7. The molecule has 3 aromatic rings. The SMILES string of the molecule is CC(=O)O[C@@H]1COCC[C@H]1Nc1ncc(F)c(-c2cc3c(cc2F)c(=O)cc(C)n3C(C)C)n1. The summed E-state index contributed by atoms with van der Waals surface area (Å²) in [6, 6.07) is 3.66. The molecule has 34 heavy (non-hydrogen) atoms. The summed E-state index contributed by atoms with van der Waals surface area (Å²) in [5, 5.41) is 3.26. The predicted octanol–water partition coefficient (Wildman–Crippen LogP) is 3.76. The van der Waals surface area contributed by atoms with Crippen LogP contribution in [0.1, 0.15) is 38.9 Å². The van der Waals surface area contributed by atoms with E-state index in [1.54, 1.807) is 6.92 Å². The second-order valence-corrected chi connectivity index (χ2v) is 8.62. The summed E-state index contributed by atoms with van der Waals surface area (Å²) in [4.78, 5) is 32.1. The van der Waals surface area contributed by atoms with Gasteiger partial charge in [0.2, 0.25) is 5.95 Å². The standard InChI is InChI=1S/C24H26F2N4O4/c1-12(2)30-13(3)7-21(32)16-8-17(25)15(9-20(16)30)23-18(26)10-27-24(29-23)28-19-5-6-33-11-22(19)34-14(4)31/h7-10,12,19,22H,5-6,11H2,1-4H3,(H,27,28,29)/t19-,22-/m1/s1. The van der Waals surface area contributed by atoms with Gasteiger partial charge in [0.05, 0.1) is 24.4 Å². The van der Waals surface area contributed by atoms with E-state index in [1.807, 2.05) is 18.4 Å². The molecule has 0 saturated carbocycles. The van der Waals surface area contributed by atoms with E-state index in [1.165, 1.54) is 19.1 Å². The van der Waals surface area contributed by atoms with E-state index in [0.717, 1.165) is 12.3 Å². The second-order valence-electron chi connectivity index (χ2n) is 8.62. The highest BCUT2D eigenvalue weighted by molar-refractivity contribution is 5.85. The summed E-state index contributed by atoms with van der Waals surface area (Å²) in [5.41, 5.74) is 0.571. The molecule has 0 aliphatic carbocycles. The van der Waals surface area contributed by atoms with Crippen molar-refractivity contribution in [2.24, 2.45) is 0 Å². The first-order chi connectivity index (χ1) is 16.2. The van der Waals surface area contributed by atoms with E-state index in [0.29, 0.717) is 24.2 Å². The molecule has 1 aliphatic rings. The number of pyridine rings is 1. The maximum Gasteiger partial charge on any atom is 0.303 e. The fraction of sp³-hybridized carbons (Fsp3) is 0.417. The molecule has 0 unspecified atom stereocenters. The van der Waals surface area contributed by atoms with Crippen LogP contribution in [-0.4, -0.2) is 45.9 Å². The van der Waals surface area contributed by atoms with Crippen molar-refractivity contribution in [3.63, 3.8) is 0 Å². The summed E-state index contributed by atoms with van der Waals surface area (Å²) in [7, 11) is 0. The largest absolute Gasteiger partial charge is 0.458 e. The Kier molecular flexibility index (Phi) is 6.60. The first-order valence-corrected chi connectivity index (χ1v) is 11.1. The highest BCUT2D eigenvalue weighted by atomic mass is 19.1. The van der Waals surface area contributed by atoms with Gasteiger partial charge in [0.1, 0.15) is 17.6 Å². The van der Waals surface area contributed by atoms with E-state index in [-0.39, 0.29) is 46.7 Å². The van der Waals surface area contributed by atoms with E-state index in [4.69, 9.17) is 9.47 Å². The Labute approximate surface area is 194 Å². The molecule has 0 bridgehead atoms. The van der Waals surface area contributed by atoms with Crippen molar-refractivity contribution in [2.45, 2.75) is 52.3 Å². The smallest absolute Gasteiger partial charge is 0.303 e. The zero-order valence-corrected chi connectivity index (χ0v) is 19.4. The van der Waals surface area contributed by atoms with Gasteiger partial charge in [-0.2, -0.15) is 0 Å². The molecule has 2 aromatic heterocycles. The van der Waals surface area contributed by atoms with Crippen molar-refractivity contribution in [1.82, 2.24) is 14.5 Å². The van der Waals surface area contributed by atoms with Crippen molar-refractivity contribution < 1.29 is 23.0 Å². The average Bonchev–Trinajstić information content (AvgIpc) is 2.76. The number of hydrogen-bond donors (Lipinski definition) is 1. The van der Waals surface area contributed by atoms with Crippen LogP contribution in [-0.2, 0) is 14.3 Å². The molecular weight excluding hydrogens is 446 g/mol. The zero-order chi connectivity index (χ0) is 24.6. The van der Waals surface area contributed by atoms with Crippen molar-refractivity contribution in [2.75, 3.05) is 18.5 Å². The van der Waals surface area contributed by atoms with Crippen molar-refractivity contribution in [1.29, 1.82) is 0 Å². The van der Waals surface area contributed by atoms with Crippen LogP contribution in [0.4, 0.5) is 14.7 Å². The van der Waals surface area contributed by atoms with Gasteiger partial charge in [-0.1, -0.05) is 0 Å². The maximum absolute atomic E-state index is 15.1. The molecule has 0 spiro atoms. The fourth-order valence-corrected chi connectivity index (χ4v) is 4.35. The van der Waals surface area contributed by atoms with Crippen LogP contribution in [0, 0.1) is 18.6 Å². The van der Waals surface area contributed by atoms with Gasteiger partial charge < -0.3 is 19.4 Å². The molecule has 1 aliphatic heterocycles. The van der Waals surface area contributed by atoms with Gasteiger partial charge in [-0.25, -0.2) is 18.7 Å². The minimum Gasteiger partial charge on any atom is -0.458 e. The molecular formula is C24H26F2N4O4. The summed E-state index contributed by atoms with van der Waals surface area (Å²) in [6.07, 6.45) is 0.905. The molecule has 0 radical (unpaired) electrons. The second kappa shape index (κ2) is 9.46. The van der Waals surface area contributed by atoms with Crippen LogP contribution < -0.4 is 10.7 Å². The quantitative estimate of drug-likeness (QED) is 0.565. The van der Waals surface area contributed by atoms with Gasteiger partial charge in [0.25, 0.3) is 0 Å². The summed E-state index contributed by atoms with van der Waals surface area (Å²) < 4.78 is 42.5. The van der Waals surface area contributed by atoms with Crippen LogP contribution in [0.25, 0.3) is 22.2 Å². The Balaban J connectivity index is 1.78. The third kappa shape index (κ3) is 4.63. The lowest BCUT2D eigenvalue weighted by Gasteiger charge is -2.31. The number of hydrogen-bond acceptors (Lipinski definition) is 7. The number of fused-ring (bicyclic) bond motifs is 1. The highest BCUT2D eigenvalue weighted by Crippen LogP contribution is 2.30. The molecule has 2 atom stereocenters. The van der Waals surface area contributed by atoms with Crippen molar-refractivity contribution in [3.8, 4) is 11.3 Å². The summed E-state index contributed by atoms with van der Waals surface area (Å²) in [6.45, 7) is 7.64. The molecule has 8 nitrogen and oxygen atoms in total. The number of aryl methyl sites for hydroxylation is 1. The number of carbonyl (C=O) groups is 1. The Morgan fingerprint density at radius 3 is 2.74 bits per heavy atom. The third-order valence-corrected chi connectivity index (χ3v) is 5.78. The molecule has 0 amide bonds. The Morgan fingerprint density at radius 1 is 1.26 bits per heavy atom. The molecule has 180 valence electrons. The zero-order valence-electron chi connectivity index (χ0n) is 19.4. The van der Waals surface area contributed by atoms with E-state index in [2.05, 4.69) is 15.3 Å². The number of halogens is 2. The fourth-order valence-electron chi connectivity index (χ4n) is 4.35. The molecule has 1 saturated heterocycles. The van der Waals surface area contributed by atoms with E-state index in [9.17, 15) is 14.0 Å². The Morgan fingerprint density at radius 2 is 2.03 bits per heavy atom. The minimum absolute atomic E-state index is 0.0133. The van der Waals surface area contributed by atoms with Gasteiger partial charge in [0.15, 0.2) is 11.2 Å². The molecule has 3 heterocycles. The van der Waals surface area contributed by atoms with Gasteiger partial charge in [-0.05, 0) is 39.3 Å². The number of nitrogens with zero attached hydrogens (tertiary/aromatic N) is 3. The molecule has 1 N–H and O–H groups in total. The maximum atomic E-state index is 15.1. The van der Waals surface area contributed by atoms with Gasteiger partial charge in [-0.3, -0.25) is 9.59 Å². The number of nitrogens with one attached hydrogen (secondary N) is 1. The van der Waals surface area contributed by atoms with Crippen molar-refractivity contribution in [3.05, 3.63) is 51.9 Å². The van der Waals surface area contributed by atoms with Crippen molar-refractivity contribution >= 4 is 22.8 Å². The molecule has 1 aromatic carbocycles. The topological polar surface area (TPSA) is 95.3 Å². The lowest BCUT2D eigenvalue weighted by atomic mass is 10.0. The minimum atomic E-state index is -0.807. The first-order valence-electron chi connectivity index (χ1n) is 11.1. The number of ether oxygens (including phenoxy) is 2. The molecule has 4 rings (SSSR count). The van der Waals surface area contributed by atoms with Crippen LogP contribution in [0.2, 0.25) is 0 Å². The molecule has 1 fully saturated rings. The number of benzene rings is 1. The van der Waals surface area contributed by atoms with Crippen LogP contribution >= 0.6 is 0 Å². The Hall–Kier alpha value is -3.40. The normalized spacial score (nSPS) is 18.3. The van der Waals surface area contributed by atoms with Gasteiger partial charge in [0, 0.05) is 42.3 Å². The van der Waals surface area contributed by atoms with Gasteiger partial charge >= 0.3 is 5.97 Å². The number of aromatic nitrogens is 3. The van der Waals surface area contributed by atoms with Crippen LogP contribution in [0.3, 0.4) is 0 Å². The monoisotopic (exact) mass is 472 g/mol. The lowest BCUT2D eigenvalue weighted by Crippen LogP contribution is -2.44. The van der Waals surface area contributed by atoms with Gasteiger partial charge in [-0.15, -0.1) is 0 Å². The number of carbonyl (C=O) groups excluding carboxylic acids is 1. The summed E-state index contributed by atoms with van der Waals surface area (Å²) in [5.74, 6) is -1.97. The van der Waals surface area contributed by atoms with Crippen LogP contribution in [0.5, 0.6) is 0 Å². The van der Waals surface area contributed by atoms with Crippen LogP contribution in [0.15, 0.2) is 29.2 Å². The predicted molar refractivity (Wildman–Crippen MR) is 123 cm³/mol. The highest BCUT2D eigenvalue weighted by Gasteiger charge is 2.29. The summed E-state index contributed by atoms with van der Waals surface area (Å²) >= 11 is 0. The number of rotatable bonds is 5. The number of esters is 1. The lowest BCUT2D eigenvalue weighted by molar-refractivity contribution is -0.153. The molecule has 10 heteroatoms. The average molecular weight is 472 g/mol. The third-order valence-electron chi connectivity index (χ3n) is 5.78. The number of anilines is 1.